The van der Waals surface area contributed by atoms with Crippen molar-refractivity contribution in [3.8, 4) is 0 Å². The van der Waals surface area contributed by atoms with Gasteiger partial charge in [-0.05, 0) is 26.0 Å². The molecular formula is C13H21N3O. The number of hydrogen-bond acceptors (Lipinski definition) is 4. The fraction of sp³-hybridized carbons (Fsp3) is 0.615. The third-order valence-corrected chi connectivity index (χ3v) is 3.32. The van der Waals surface area contributed by atoms with Crippen LogP contribution in [0.1, 0.15) is 19.5 Å². The molecule has 1 saturated heterocycles. The predicted molar refractivity (Wildman–Crippen MR) is 69.1 cm³/mol. The van der Waals surface area contributed by atoms with E-state index in [1.807, 2.05) is 18.2 Å². The van der Waals surface area contributed by atoms with E-state index in [9.17, 15) is 0 Å². The molecule has 1 fully saturated rings. The maximum absolute atomic E-state index is 9.09. The number of pyridine rings is 1. The second kappa shape index (κ2) is 5.47. The maximum Gasteiger partial charge on any atom is 0.128 e. The fourth-order valence-corrected chi connectivity index (χ4v) is 2.20. The van der Waals surface area contributed by atoms with Gasteiger partial charge in [0, 0.05) is 32.2 Å². The van der Waals surface area contributed by atoms with Gasteiger partial charge in [0.1, 0.15) is 5.82 Å². The molecule has 94 valence electrons. The molecule has 1 N–H and O–H groups in total. The summed E-state index contributed by atoms with van der Waals surface area (Å²) in [6.07, 6.45) is 0. The number of aromatic nitrogens is 1. The van der Waals surface area contributed by atoms with Crippen molar-refractivity contribution < 1.29 is 5.11 Å². The number of aliphatic hydroxyl groups excluding tert-OH is 1. The van der Waals surface area contributed by atoms with Crippen molar-refractivity contribution in [1.82, 2.24) is 9.88 Å². The molecule has 2 rings (SSSR count). The summed E-state index contributed by atoms with van der Waals surface area (Å²) in [6.45, 7) is 8.69. The van der Waals surface area contributed by atoms with Gasteiger partial charge in [-0.1, -0.05) is 6.07 Å². The summed E-state index contributed by atoms with van der Waals surface area (Å²) < 4.78 is 0. The van der Waals surface area contributed by atoms with Crippen molar-refractivity contribution in [3.63, 3.8) is 0 Å². The Bertz CT molecular complexity index is 359. The van der Waals surface area contributed by atoms with Gasteiger partial charge < -0.3 is 10.0 Å². The lowest BCUT2D eigenvalue weighted by Gasteiger charge is -2.37. The van der Waals surface area contributed by atoms with E-state index in [-0.39, 0.29) is 6.61 Å². The van der Waals surface area contributed by atoms with Crippen molar-refractivity contribution in [3.05, 3.63) is 23.9 Å². The van der Waals surface area contributed by atoms with Gasteiger partial charge >= 0.3 is 0 Å². The van der Waals surface area contributed by atoms with Gasteiger partial charge in [-0.25, -0.2) is 4.98 Å². The Morgan fingerprint density at radius 1 is 1.24 bits per heavy atom. The van der Waals surface area contributed by atoms with Crippen LogP contribution < -0.4 is 4.90 Å². The quantitative estimate of drug-likeness (QED) is 0.852. The number of piperazine rings is 1. The second-order valence-corrected chi connectivity index (χ2v) is 4.76. The van der Waals surface area contributed by atoms with Crippen LogP contribution in [0, 0.1) is 0 Å². The van der Waals surface area contributed by atoms with Crippen LogP contribution >= 0.6 is 0 Å². The molecule has 0 saturated carbocycles. The molecule has 0 radical (unpaired) electrons. The van der Waals surface area contributed by atoms with Gasteiger partial charge in [0.2, 0.25) is 0 Å². The van der Waals surface area contributed by atoms with Gasteiger partial charge in [-0.3, -0.25) is 4.90 Å². The highest BCUT2D eigenvalue weighted by molar-refractivity contribution is 5.39. The molecule has 2 heterocycles. The average Bonchev–Trinajstić information content (AvgIpc) is 2.39. The molecular weight excluding hydrogens is 214 g/mol. The van der Waals surface area contributed by atoms with Crippen LogP contribution in [0.2, 0.25) is 0 Å². The Morgan fingerprint density at radius 3 is 2.53 bits per heavy atom. The van der Waals surface area contributed by atoms with Crippen LogP contribution in [-0.2, 0) is 6.61 Å². The molecule has 0 aliphatic carbocycles. The second-order valence-electron chi connectivity index (χ2n) is 4.76. The first-order valence-electron chi connectivity index (χ1n) is 6.26. The summed E-state index contributed by atoms with van der Waals surface area (Å²) in [6, 6.07) is 6.45. The topological polar surface area (TPSA) is 39.6 Å². The highest BCUT2D eigenvalue weighted by Gasteiger charge is 2.19. The number of nitrogens with zero attached hydrogens (tertiary/aromatic N) is 3. The lowest BCUT2D eigenvalue weighted by atomic mass is 10.2. The zero-order valence-electron chi connectivity index (χ0n) is 10.6. The summed E-state index contributed by atoms with van der Waals surface area (Å²) in [5.74, 6) is 0.986. The highest BCUT2D eigenvalue weighted by Crippen LogP contribution is 2.15. The number of hydrogen-bond donors (Lipinski definition) is 1. The summed E-state index contributed by atoms with van der Waals surface area (Å²) in [7, 11) is 0. The van der Waals surface area contributed by atoms with Gasteiger partial charge in [-0.2, -0.15) is 0 Å². The standard InChI is InChI=1S/C13H21N3O/c1-11(2)15-6-8-16(9-7-15)13-5-3-4-12(10-17)14-13/h3-5,11,17H,6-10H2,1-2H3. The Balaban J connectivity index is 2.00. The molecule has 1 aliphatic rings. The van der Waals surface area contributed by atoms with E-state index in [0.717, 1.165) is 37.7 Å². The Labute approximate surface area is 103 Å². The number of rotatable bonds is 3. The molecule has 0 aromatic carbocycles. The Hall–Kier alpha value is -1.13. The van der Waals surface area contributed by atoms with Gasteiger partial charge in [-0.15, -0.1) is 0 Å². The van der Waals surface area contributed by atoms with Crippen LogP contribution in [0.25, 0.3) is 0 Å². The minimum absolute atomic E-state index is 0.0137. The fourth-order valence-electron chi connectivity index (χ4n) is 2.20. The van der Waals surface area contributed by atoms with E-state index >= 15 is 0 Å². The van der Waals surface area contributed by atoms with Gasteiger partial charge in [0.15, 0.2) is 0 Å². The summed E-state index contributed by atoms with van der Waals surface area (Å²) in [4.78, 5) is 9.21. The van der Waals surface area contributed by atoms with Gasteiger partial charge in [0.25, 0.3) is 0 Å². The summed E-state index contributed by atoms with van der Waals surface area (Å²) in [5, 5.41) is 9.09. The lowest BCUT2D eigenvalue weighted by molar-refractivity contribution is 0.209. The molecule has 1 aliphatic heterocycles. The first-order chi connectivity index (χ1) is 8.20. The van der Waals surface area contributed by atoms with Crippen LogP contribution in [0.3, 0.4) is 0 Å². The molecule has 4 nitrogen and oxygen atoms in total. The van der Waals surface area contributed by atoms with E-state index in [2.05, 4.69) is 28.6 Å². The third kappa shape index (κ3) is 2.96. The SMILES string of the molecule is CC(C)N1CCN(c2cccc(CO)n2)CC1. The molecule has 0 bridgehead atoms. The maximum atomic E-state index is 9.09. The predicted octanol–water partition coefficient (Wildman–Crippen LogP) is 1.10. The molecule has 4 heteroatoms. The van der Waals surface area contributed by atoms with Crippen LogP contribution in [0.15, 0.2) is 18.2 Å². The molecule has 0 amide bonds. The Morgan fingerprint density at radius 2 is 1.94 bits per heavy atom. The van der Waals surface area contributed by atoms with Gasteiger partial charge in [0.05, 0.1) is 12.3 Å². The normalized spacial score (nSPS) is 17.8. The molecule has 17 heavy (non-hydrogen) atoms. The Kier molecular flexibility index (Phi) is 3.97. The zero-order chi connectivity index (χ0) is 12.3. The minimum Gasteiger partial charge on any atom is -0.390 e. The average molecular weight is 235 g/mol. The molecule has 1 aromatic heterocycles. The molecule has 1 aromatic rings. The first kappa shape index (κ1) is 12.3. The van der Waals surface area contributed by atoms with Crippen molar-refractivity contribution in [2.45, 2.75) is 26.5 Å². The highest BCUT2D eigenvalue weighted by atomic mass is 16.3. The van der Waals surface area contributed by atoms with Crippen molar-refractivity contribution in [1.29, 1.82) is 0 Å². The van der Waals surface area contributed by atoms with Crippen LogP contribution in [-0.4, -0.2) is 47.2 Å². The number of anilines is 1. The van der Waals surface area contributed by atoms with E-state index in [1.54, 1.807) is 0 Å². The number of aliphatic hydroxyl groups is 1. The van der Waals surface area contributed by atoms with Crippen LogP contribution in [0.4, 0.5) is 5.82 Å². The van der Waals surface area contributed by atoms with E-state index in [1.165, 1.54) is 0 Å². The first-order valence-corrected chi connectivity index (χ1v) is 6.26. The third-order valence-electron chi connectivity index (χ3n) is 3.32. The smallest absolute Gasteiger partial charge is 0.128 e. The van der Waals surface area contributed by atoms with Crippen molar-refractivity contribution in [2.75, 3.05) is 31.1 Å². The van der Waals surface area contributed by atoms with Crippen molar-refractivity contribution in [2.24, 2.45) is 0 Å². The lowest BCUT2D eigenvalue weighted by Crippen LogP contribution is -2.49. The van der Waals surface area contributed by atoms with E-state index in [4.69, 9.17) is 5.11 Å². The van der Waals surface area contributed by atoms with E-state index in [0.29, 0.717) is 6.04 Å². The zero-order valence-corrected chi connectivity index (χ0v) is 10.6. The molecule has 0 unspecified atom stereocenters. The van der Waals surface area contributed by atoms with E-state index < -0.39 is 0 Å². The monoisotopic (exact) mass is 235 g/mol. The minimum atomic E-state index is 0.0137. The largest absolute Gasteiger partial charge is 0.390 e. The van der Waals surface area contributed by atoms with Crippen LogP contribution in [0.5, 0.6) is 0 Å². The van der Waals surface area contributed by atoms with Crippen molar-refractivity contribution >= 4 is 5.82 Å². The molecule has 0 atom stereocenters. The summed E-state index contributed by atoms with van der Waals surface area (Å²) in [5.41, 5.74) is 0.744. The summed E-state index contributed by atoms with van der Waals surface area (Å²) >= 11 is 0. The molecule has 0 spiro atoms.